The monoisotopic (exact) mass is 174 g/mol. The molecule has 0 saturated carbocycles. The highest BCUT2D eigenvalue weighted by Gasteiger charge is 2.42. The van der Waals surface area contributed by atoms with Crippen LogP contribution in [0.25, 0.3) is 0 Å². The van der Waals surface area contributed by atoms with E-state index in [9.17, 15) is 4.79 Å². The van der Waals surface area contributed by atoms with Crippen LogP contribution in [0.5, 0.6) is 0 Å². The standard InChI is InChI=1S/C8H14O4/c1-10-7(9)8(11-2)5-3-4-6-12-8/h3-6H2,1-2H3. The lowest BCUT2D eigenvalue weighted by atomic mass is 10.1. The Hall–Kier alpha value is -0.610. The molecule has 0 aromatic carbocycles. The molecule has 0 aliphatic carbocycles. The minimum Gasteiger partial charge on any atom is -0.465 e. The van der Waals surface area contributed by atoms with Crippen LogP contribution in [0.3, 0.4) is 0 Å². The summed E-state index contributed by atoms with van der Waals surface area (Å²) in [4.78, 5) is 11.2. The van der Waals surface area contributed by atoms with E-state index in [2.05, 4.69) is 4.74 Å². The molecule has 0 spiro atoms. The van der Waals surface area contributed by atoms with E-state index >= 15 is 0 Å². The third-order valence-corrected chi connectivity index (χ3v) is 2.06. The minimum atomic E-state index is -1.13. The number of ether oxygens (including phenoxy) is 3. The number of carbonyl (C=O) groups is 1. The minimum absolute atomic E-state index is 0.440. The Morgan fingerprint density at radius 1 is 1.42 bits per heavy atom. The van der Waals surface area contributed by atoms with E-state index < -0.39 is 11.8 Å². The molecule has 1 heterocycles. The predicted octanol–water partition coefficient (Wildman–Crippen LogP) is 0.703. The predicted molar refractivity (Wildman–Crippen MR) is 41.6 cm³/mol. The van der Waals surface area contributed by atoms with E-state index in [0.717, 1.165) is 12.8 Å². The van der Waals surface area contributed by atoms with Crippen molar-refractivity contribution >= 4 is 5.97 Å². The molecule has 4 heteroatoms. The maximum Gasteiger partial charge on any atom is 0.366 e. The molecule has 1 saturated heterocycles. The van der Waals surface area contributed by atoms with Gasteiger partial charge in [-0.2, -0.15) is 0 Å². The smallest absolute Gasteiger partial charge is 0.366 e. The summed E-state index contributed by atoms with van der Waals surface area (Å²) >= 11 is 0. The van der Waals surface area contributed by atoms with Gasteiger partial charge in [-0.25, -0.2) is 4.79 Å². The van der Waals surface area contributed by atoms with Crippen molar-refractivity contribution in [1.29, 1.82) is 0 Å². The van der Waals surface area contributed by atoms with Crippen LogP contribution in [0.1, 0.15) is 19.3 Å². The molecule has 1 aliphatic heterocycles. The molecule has 1 fully saturated rings. The third-order valence-electron chi connectivity index (χ3n) is 2.06. The second kappa shape index (κ2) is 3.87. The molecular formula is C8H14O4. The summed E-state index contributed by atoms with van der Waals surface area (Å²) in [6.07, 6.45) is 2.49. The Bertz CT molecular complexity index is 160. The average Bonchev–Trinajstić information content (AvgIpc) is 2.17. The first-order valence-corrected chi connectivity index (χ1v) is 4.03. The van der Waals surface area contributed by atoms with E-state index in [-0.39, 0.29) is 0 Å². The first-order chi connectivity index (χ1) is 5.75. The van der Waals surface area contributed by atoms with E-state index in [0.29, 0.717) is 13.0 Å². The Morgan fingerprint density at radius 2 is 2.17 bits per heavy atom. The highest BCUT2D eigenvalue weighted by atomic mass is 16.7. The van der Waals surface area contributed by atoms with Gasteiger partial charge < -0.3 is 14.2 Å². The summed E-state index contributed by atoms with van der Waals surface area (Å²) in [5.41, 5.74) is 0. The summed E-state index contributed by atoms with van der Waals surface area (Å²) < 4.78 is 14.9. The second-order valence-electron chi connectivity index (χ2n) is 2.75. The maximum atomic E-state index is 11.2. The molecule has 1 rings (SSSR count). The van der Waals surface area contributed by atoms with Gasteiger partial charge in [0.2, 0.25) is 0 Å². The Balaban J connectivity index is 2.66. The second-order valence-corrected chi connectivity index (χ2v) is 2.75. The quantitative estimate of drug-likeness (QED) is 0.578. The number of hydrogen-bond acceptors (Lipinski definition) is 4. The van der Waals surface area contributed by atoms with Crippen molar-refractivity contribution in [3.63, 3.8) is 0 Å². The van der Waals surface area contributed by atoms with Crippen molar-refractivity contribution < 1.29 is 19.0 Å². The lowest BCUT2D eigenvalue weighted by Gasteiger charge is -2.32. The lowest BCUT2D eigenvalue weighted by molar-refractivity contribution is -0.249. The van der Waals surface area contributed by atoms with Crippen LogP contribution in [-0.2, 0) is 19.0 Å². The molecular weight excluding hydrogens is 160 g/mol. The molecule has 0 bridgehead atoms. The zero-order valence-corrected chi connectivity index (χ0v) is 7.46. The molecule has 0 N–H and O–H groups in total. The summed E-state index contributed by atoms with van der Waals surface area (Å²) in [5.74, 6) is -1.57. The van der Waals surface area contributed by atoms with E-state index in [1.807, 2.05) is 0 Å². The van der Waals surface area contributed by atoms with Gasteiger partial charge in [0.25, 0.3) is 5.79 Å². The van der Waals surface area contributed by atoms with Crippen LogP contribution >= 0.6 is 0 Å². The van der Waals surface area contributed by atoms with Crippen LogP contribution in [0.15, 0.2) is 0 Å². The average molecular weight is 174 g/mol. The zero-order chi connectivity index (χ0) is 9.03. The van der Waals surface area contributed by atoms with E-state index in [4.69, 9.17) is 9.47 Å². The number of methoxy groups -OCH3 is 2. The highest BCUT2D eigenvalue weighted by Crippen LogP contribution is 2.26. The van der Waals surface area contributed by atoms with Gasteiger partial charge in [-0.3, -0.25) is 0 Å². The van der Waals surface area contributed by atoms with Crippen LogP contribution in [0.4, 0.5) is 0 Å². The number of carbonyl (C=O) groups excluding carboxylic acids is 1. The van der Waals surface area contributed by atoms with Crippen LogP contribution in [-0.4, -0.2) is 32.6 Å². The van der Waals surface area contributed by atoms with E-state index in [1.165, 1.54) is 14.2 Å². The first kappa shape index (κ1) is 9.48. The molecule has 70 valence electrons. The van der Waals surface area contributed by atoms with Crippen molar-refractivity contribution in [3.05, 3.63) is 0 Å². The SMILES string of the molecule is COC(=O)C1(OC)CCCCO1. The summed E-state index contributed by atoms with van der Waals surface area (Å²) in [5, 5.41) is 0. The van der Waals surface area contributed by atoms with Crippen molar-refractivity contribution in [1.82, 2.24) is 0 Å². The lowest BCUT2D eigenvalue weighted by Crippen LogP contribution is -2.46. The zero-order valence-electron chi connectivity index (χ0n) is 7.46. The van der Waals surface area contributed by atoms with Crippen LogP contribution < -0.4 is 0 Å². The van der Waals surface area contributed by atoms with Gasteiger partial charge in [-0.05, 0) is 12.8 Å². The van der Waals surface area contributed by atoms with E-state index in [1.54, 1.807) is 0 Å². The van der Waals surface area contributed by atoms with Gasteiger partial charge in [0.15, 0.2) is 0 Å². The molecule has 0 radical (unpaired) electrons. The van der Waals surface area contributed by atoms with Gasteiger partial charge in [-0.15, -0.1) is 0 Å². The van der Waals surface area contributed by atoms with Gasteiger partial charge >= 0.3 is 5.97 Å². The first-order valence-electron chi connectivity index (χ1n) is 4.03. The molecule has 12 heavy (non-hydrogen) atoms. The number of rotatable bonds is 2. The summed E-state index contributed by atoms with van der Waals surface area (Å²) in [7, 11) is 2.79. The topological polar surface area (TPSA) is 44.8 Å². The van der Waals surface area contributed by atoms with Crippen molar-refractivity contribution in [2.75, 3.05) is 20.8 Å². The molecule has 0 aromatic heterocycles. The van der Waals surface area contributed by atoms with Gasteiger partial charge in [0, 0.05) is 13.5 Å². The molecule has 0 amide bonds. The highest BCUT2D eigenvalue weighted by molar-refractivity contribution is 5.77. The Kier molecular flexibility index (Phi) is 3.05. The summed E-state index contributed by atoms with van der Waals surface area (Å²) in [6.45, 7) is 0.558. The molecule has 1 unspecified atom stereocenters. The van der Waals surface area contributed by atoms with Crippen LogP contribution in [0, 0.1) is 0 Å². The molecule has 1 atom stereocenters. The Labute approximate surface area is 71.8 Å². The molecule has 1 aliphatic rings. The van der Waals surface area contributed by atoms with Crippen molar-refractivity contribution in [3.8, 4) is 0 Å². The Morgan fingerprint density at radius 3 is 2.58 bits per heavy atom. The van der Waals surface area contributed by atoms with Crippen LogP contribution in [0.2, 0.25) is 0 Å². The fourth-order valence-electron chi connectivity index (χ4n) is 1.33. The molecule has 4 nitrogen and oxygen atoms in total. The normalized spacial score (nSPS) is 29.8. The maximum absolute atomic E-state index is 11.2. The van der Waals surface area contributed by atoms with Gasteiger partial charge in [-0.1, -0.05) is 0 Å². The largest absolute Gasteiger partial charge is 0.465 e. The van der Waals surface area contributed by atoms with Gasteiger partial charge in [0.1, 0.15) is 0 Å². The fraction of sp³-hybridized carbons (Fsp3) is 0.875. The van der Waals surface area contributed by atoms with Crippen molar-refractivity contribution in [2.24, 2.45) is 0 Å². The fourth-order valence-corrected chi connectivity index (χ4v) is 1.33. The third kappa shape index (κ3) is 1.59. The summed E-state index contributed by atoms with van der Waals surface area (Å²) in [6, 6.07) is 0. The number of hydrogen-bond donors (Lipinski definition) is 0. The number of esters is 1. The molecule has 0 aromatic rings. The van der Waals surface area contributed by atoms with Gasteiger partial charge in [0.05, 0.1) is 13.7 Å². The van der Waals surface area contributed by atoms with Crippen molar-refractivity contribution in [2.45, 2.75) is 25.0 Å².